The summed E-state index contributed by atoms with van der Waals surface area (Å²) in [6, 6.07) is 13.5. The second kappa shape index (κ2) is 9.59. The van der Waals surface area contributed by atoms with Crippen LogP contribution in [0.1, 0.15) is 32.3 Å². The lowest BCUT2D eigenvalue weighted by Gasteiger charge is -2.26. The Hall–Kier alpha value is -2.54. The Labute approximate surface area is 167 Å². The number of carbonyl (C=O) groups excluding carboxylic acids is 1. The van der Waals surface area contributed by atoms with Crippen LogP contribution in [-0.2, 0) is 14.8 Å². The van der Waals surface area contributed by atoms with E-state index in [2.05, 4.69) is 5.32 Å². The Kier molecular flexibility index (Phi) is 7.45. The number of para-hydroxylation sites is 1. The van der Waals surface area contributed by atoms with E-state index < -0.39 is 10.0 Å². The van der Waals surface area contributed by atoms with Gasteiger partial charge in [-0.15, -0.1) is 0 Å². The van der Waals surface area contributed by atoms with Crippen molar-refractivity contribution in [2.24, 2.45) is 0 Å². The average Bonchev–Trinajstić information content (AvgIpc) is 2.66. The molecule has 7 heteroatoms. The Balaban J connectivity index is 2.45. The number of amides is 1. The van der Waals surface area contributed by atoms with E-state index in [1.54, 1.807) is 48.5 Å². The number of ether oxygens (including phenoxy) is 1. The molecule has 0 aromatic heterocycles. The third-order valence-corrected chi connectivity index (χ3v) is 6.14. The average molecular weight is 405 g/mol. The summed E-state index contributed by atoms with van der Waals surface area (Å²) in [7, 11) is -2.59. The minimum atomic E-state index is -4.02. The molecular weight excluding hydrogens is 376 g/mol. The Morgan fingerprint density at radius 3 is 2.46 bits per heavy atom. The van der Waals surface area contributed by atoms with Gasteiger partial charge in [0.2, 0.25) is 5.91 Å². The van der Waals surface area contributed by atoms with E-state index in [1.807, 2.05) is 20.8 Å². The molecule has 28 heavy (non-hydrogen) atoms. The highest BCUT2D eigenvalue weighted by Crippen LogP contribution is 2.30. The fraction of sp³-hybridized carbons (Fsp3) is 0.381. The molecule has 0 heterocycles. The maximum Gasteiger partial charge on any atom is 0.268 e. The van der Waals surface area contributed by atoms with Gasteiger partial charge < -0.3 is 10.1 Å². The van der Waals surface area contributed by atoms with Crippen molar-refractivity contribution in [2.75, 3.05) is 18.0 Å². The first-order valence-electron chi connectivity index (χ1n) is 9.31. The van der Waals surface area contributed by atoms with Crippen molar-refractivity contribution in [1.29, 1.82) is 0 Å². The van der Waals surface area contributed by atoms with Gasteiger partial charge in [0.1, 0.15) is 17.2 Å². The predicted molar refractivity (Wildman–Crippen MR) is 111 cm³/mol. The fourth-order valence-electron chi connectivity index (χ4n) is 2.97. The molecule has 0 bridgehead atoms. The number of aryl methyl sites for hydroxylation is 1. The normalized spacial score (nSPS) is 12.3. The maximum absolute atomic E-state index is 13.5. The van der Waals surface area contributed by atoms with Crippen molar-refractivity contribution in [3.8, 4) is 5.75 Å². The van der Waals surface area contributed by atoms with Crippen molar-refractivity contribution in [1.82, 2.24) is 5.32 Å². The van der Waals surface area contributed by atoms with Crippen LogP contribution in [0, 0.1) is 6.92 Å². The smallest absolute Gasteiger partial charge is 0.268 e. The number of rotatable bonds is 9. The molecule has 2 rings (SSSR count). The van der Waals surface area contributed by atoms with E-state index in [0.717, 1.165) is 22.7 Å². The zero-order valence-electron chi connectivity index (χ0n) is 16.8. The Bertz CT molecular complexity index is 898. The van der Waals surface area contributed by atoms with Crippen LogP contribution >= 0.6 is 0 Å². The molecule has 0 radical (unpaired) electrons. The highest BCUT2D eigenvalue weighted by atomic mass is 32.2. The van der Waals surface area contributed by atoms with Gasteiger partial charge in [0.05, 0.1) is 12.8 Å². The molecule has 1 N–H and O–H groups in total. The van der Waals surface area contributed by atoms with E-state index in [4.69, 9.17) is 4.74 Å². The van der Waals surface area contributed by atoms with Crippen LogP contribution in [0.15, 0.2) is 53.4 Å². The summed E-state index contributed by atoms with van der Waals surface area (Å²) in [6.45, 7) is 5.45. The van der Waals surface area contributed by atoms with Gasteiger partial charge in [-0.05, 0) is 50.1 Å². The quantitative estimate of drug-likeness (QED) is 0.694. The monoisotopic (exact) mass is 404 g/mol. The molecule has 152 valence electrons. The lowest BCUT2D eigenvalue weighted by molar-refractivity contribution is -0.120. The van der Waals surface area contributed by atoms with E-state index in [0.29, 0.717) is 5.69 Å². The number of hydrogen-bond donors (Lipinski definition) is 1. The van der Waals surface area contributed by atoms with E-state index >= 15 is 0 Å². The first kappa shape index (κ1) is 21.8. The Morgan fingerprint density at radius 1 is 1.18 bits per heavy atom. The SMILES string of the molecule is CCC[C@@H](C)NC(=O)CN(c1ccccc1)S(=O)(=O)c1cc(C)ccc1OC. The molecule has 0 aliphatic carbocycles. The van der Waals surface area contributed by atoms with Gasteiger partial charge in [0.25, 0.3) is 10.0 Å². The number of anilines is 1. The number of sulfonamides is 1. The van der Waals surface area contributed by atoms with Crippen LogP contribution in [0.4, 0.5) is 5.69 Å². The molecule has 0 aliphatic rings. The van der Waals surface area contributed by atoms with Crippen molar-refractivity contribution in [2.45, 2.75) is 44.6 Å². The van der Waals surface area contributed by atoms with Gasteiger partial charge in [-0.3, -0.25) is 9.10 Å². The number of benzene rings is 2. The number of nitrogens with one attached hydrogen (secondary N) is 1. The molecule has 0 saturated carbocycles. The van der Waals surface area contributed by atoms with Crippen LogP contribution in [0.3, 0.4) is 0 Å². The summed E-state index contributed by atoms with van der Waals surface area (Å²) in [6.07, 6.45) is 1.76. The van der Waals surface area contributed by atoms with Gasteiger partial charge in [0.15, 0.2) is 0 Å². The predicted octanol–water partition coefficient (Wildman–Crippen LogP) is 3.50. The first-order chi connectivity index (χ1) is 13.3. The van der Waals surface area contributed by atoms with E-state index in [1.165, 1.54) is 7.11 Å². The molecule has 0 fully saturated rings. The first-order valence-corrected chi connectivity index (χ1v) is 10.8. The molecule has 1 amide bonds. The van der Waals surface area contributed by atoms with Gasteiger partial charge in [-0.25, -0.2) is 8.42 Å². The summed E-state index contributed by atoms with van der Waals surface area (Å²) < 4.78 is 33.3. The molecule has 2 aromatic rings. The van der Waals surface area contributed by atoms with Gasteiger partial charge >= 0.3 is 0 Å². The number of carbonyl (C=O) groups is 1. The van der Waals surface area contributed by atoms with E-state index in [9.17, 15) is 13.2 Å². The lowest BCUT2D eigenvalue weighted by Crippen LogP contribution is -2.43. The van der Waals surface area contributed by atoms with Crippen LogP contribution in [-0.4, -0.2) is 34.0 Å². The minimum absolute atomic E-state index is 0.0219. The van der Waals surface area contributed by atoms with Crippen LogP contribution in [0.2, 0.25) is 0 Å². The topological polar surface area (TPSA) is 75.7 Å². The third kappa shape index (κ3) is 5.25. The van der Waals surface area contributed by atoms with Gasteiger partial charge in [0, 0.05) is 6.04 Å². The van der Waals surface area contributed by atoms with Crippen molar-refractivity contribution in [3.63, 3.8) is 0 Å². The zero-order chi connectivity index (χ0) is 20.7. The van der Waals surface area contributed by atoms with Crippen LogP contribution in [0.5, 0.6) is 5.75 Å². The molecular formula is C21H28N2O4S. The minimum Gasteiger partial charge on any atom is -0.495 e. The maximum atomic E-state index is 13.5. The largest absolute Gasteiger partial charge is 0.495 e. The molecule has 0 spiro atoms. The lowest BCUT2D eigenvalue weighted by atomic mass is 10.2. The summed E-state index contributed by atoms with van der Waals surface area (Å²) >= 11 is 0. The highest BCUT2D eigenvalue weighted by Gasteiger charge is 2.30. The zero-order valence-corrected chi connectivity index (χ0v) is 17.6. The fourth-order valence-corrected chi connectivity index (χ4v) is 4.63. The summed E-state index contributed by atoms with van der Waals surface area (Å²) in [5, 5.41) is 2.87. The number of nitrogens with zero attached hydrogens (tertiary/aromatic N) is 1. The molecule has 2 aromatic carbocycles. The second-order valence-corrected chi connectivity index (χ2v) is 8.59. The van der Waals surface area contributed by atoms with Gasteiger partial charge in [-0.1, -0.05) is 37.6 Å². The molecule has 1 atom stereocenters. The highest BCUT2D eigenvalue weighted by molar-refractivity contribution is 7.93. The van der Waals surface area contributed by atoms with Crippen LogP contribution in [0.25, 0.3) is 0 Å². The summed E-state index contributed by atoms with van der Waals surface area (Å²) in [5.74, 6) is -0.105. The van der Waals surface area contributed by atoms with Crippen molar-refractivity contribution >= 4 is 21.6 Å². The Morgan fingerprint density at radius 2 is 1.86 bits per heavy atom. The van der Waals surface area contributed by atoms with Crippen molar-refractivity contribution in [3.05, 3.63) is 54.1 Å². The number of methoxy groups -OCH3 is 1. The van der Waals surface area contributed by atoms with E-state index in [-0.39, 0.29) is 29.1 Å². The molecule has 0 saturated heterocycles. The van der Waals surface area contributed by atoms with Gasteiger partial charge in [-0.2, -0.15) is 0 Å². The number of hydrogen-bond acceptors (Lipinski definition) is 4. The van der Waals surface area contributed by atoms with Crippen LogP contribution < -0.4 is 14.4 Å². The second-order valence-electron chi connectivity index (χ2n) is 6.76. The van der Waals surface area contributed by atoms with Crippen molar-refractivity contribution < 1.29 is 17.9 Å². The standard InChI is InChI=1S/C21H28N2O4S/c1-5-9-17(3)22-21(24)15-23(18-10-7-6-8-11-18)28(25,26)20-14-16(2)12-13-19(20)27-4/h6-8,10-14,17H,5,9,15H2,1-4H3,(H,22,24)/t17-/m1/s1. The molecule has 6 nitrogen and oxygen atoms in total. The summed E-state index contributed by atoms with van der Waals surface area (Å²) in [5.41, 5.74) is 1.21. The summed E-state index contributed by atoms with van der Waals surface area (Å²) in [4.78, 5) is 12.6. The third-order valence-electron chi connectivity index (χ3n) is 4.35. The molecule has 0 aliphatic heterocycles. The molecule has 0 unspecified atom stereocenters.